The largest absolute Gasteiger partial charge is 0.452 e. The molecular formula is C50H31N5O. The number of nitrogens with zero attached hydrogens (tertiary/aromatic N) is 5. The van der Waals surface area contributed by atoms with Crippen molar-refractivity contribution >= 4 is 43.9 Å². The quantitative estimate of drug-likeness (QED) is 0.171. The topological polar surface area (TPSA) is 69.6 Å². The van der Waals surface area contributed by atoms with Crippen LogP contribution in [0.5, 0.6) is 0 Å². The van der Waals surface area contributed by atoms with Crippen molar-refractivity contribution < 1.29 is 4.42 Å². The minimum absolute atomic E-state index is 0.573. The zero-order chi connectivity index (χ0) is 37.0. The van der Waals surface area contributed by atoms with Crippen LogP contribution in [0.1, 0.15) is 0 Å². The van der Waals surface area contributed by atoms with Crippen LogP contribution in [0, 0.1) is 0 Å². The predicted molar refractivity (Wildman–Crippen MR) is 226 cm³/mol. The number of para-hydroxylation sites is 3. The van der Waals surface area contributed by atoms with Gasteiger partial charge in [0.2, 0.25) is 0 Å². The van der Waals surface area contributed by atoms with Crippen molar-refractivity contribution in [3.8, 4) is 62.2 Å². The molecule has 11 rings (SSSR count). The first kappa shape index (κ1) is 31.8. The highest BCUT2D eigenvalue weighted by molar-refractivity contribution is 6.10. The SMILES string of the molecule is c1ccc(-c2cc(-c3ccccc3)nc(-c3ccc(-n4c5ccccc5c5ccccc54)c(-c4nc(-c5ccccc5)c5oc6ccccc6c5n4)c3)n2)cc1. The first-order valence-corrected chi connectivity index (χ1v) is 18.6. The van der Waals surface area contributed by atoms with Gasteiger partial charge < -0.3 is 8.98 Å². The molecule has 0 saturated carbocycles. The molecule has 0 unspecified atom stereocenters. The second kappa shape index (κ2) is 13.0. The molecule has 6 nitrogen and oxygen atoms in total. The average Bonchev–Trinajstić information content (AvgIpc) is 3.82. The van der Waals surface area contributed by atoms with Crippen LogP contribution < -0.4 is 0 Å². The van der Waals surface area contributed by atoms with Gasteiger partial charge in [0, 0.05) is 44.0 Å². The van der Waals surface area contributed by atoms with Crippen LogP contribution in [-0.4, -0.2) is 24.5 Å². The summed E-state index contributed by atoms with van der Waals surface area (Å²) in [7, 11) is 0. The normalized spacial score (nSPS) is 11.6. The minimum atomic E-state index is 0.573. The van der Waals surface area contributed by atoms with Crippen LogP contribution in [0.4, 0.5) is 0 Å². The molecule has 0 amide bonds. The Morgan fingerprint density at radius 3 is 1.55 bits per heavy atom. The van der Waals surface area contributed by atoms with E-state index in [9.17, 15) is 0 Å². The highest BCUT2D eigenvalue weighted by Gasteiger charge is 2.23. The Morgan fingerprint density at radius 2 is 0.929 bits per heavy atom. The van der Waals surface area contributed by atoms with Gasteiger partial charge in [-0.3, -0.25) is 0 Å². The van der Waals surface area contributed by atoms with Crippen LogP contribution in [0.2, 0.25) is 0 Å². The van der Waals surface area contributed by atoms with Gasteiger partial charge in [0.15, 0.2) is 17.2 Å². The van der Waals surface area contributed by atoms with Gasteiger partial charge in [-0.15, -0.1) is 0 Å². The third-order valence-corrected chi connectivity index (χ3v) is 10.4. The molecule has 0 aliphatic rings. The first-order valence-electron chi connectivity index (χ1n) is 18.6. The van der Waals surface area contributed by atoms with Crippen molar-refractivity contribution in [1.82, 2.24) is 24.5 Å². The monoisotopic (exact) mass is 717 g/mol. The number of aromatic nitrogens is 5. The van der Waals surface area contributed by atoms with E-state index >= 15 is 0 Å². The molecule has 262 valence electrons. The molecule has 0 aliphatic heterocycles. The fourth-order valence-corrected chi connectivity index (χ4v) is 7.82. The Bertz CT molecular complexity index is 3130. The lowest BCUT2D eigenvalue weighted by atomic mass is 10.0. The van der Waals surface area contributed by atoms with Crippen LogP contribution >= 0.6 is 0 Å². The van der Waals surface area contributed by atoms with E-state index in [4.69, 9.17) is 24.4 Å². The van der Waals surface area contributed by atoms with Gasteiger partial charge in [0.1, 0.15) is 16.8 Å². The first-order chi connectivity index (χ1) is 27.8. The highest BCUT2D eigenvalue weighted by Crippen LogP contribution is 2.40. The highest BCUT2D eigenvalue weighted by atomic mass is 16.3. The molecular weight excluding hydrogens is 687 g/mol. The fourth-order valence-electron chi connectivity index (χ4n) is 7.82. The van der Waals surface area contributed by atoms with Gasteiger partial charge in [-0.25, -0.2) is 19.9 Å². The molecule has 11 aromatic rings. The molecule has 0 aliphatic carbocycles. The van der Waals surface area contributed by atoms with E-state index in [-0.39, 0.29) is 0 Å². The van der Waals surface area contributed by atoms with Crippen molar-refractivity contribution in [2.24, 2.45) is 0 Å². The van der Waals surface area contributed by atoms with Gasteiger partial charge in [0.25, 0.3) is 0 Å². The zero-order valence-corrected chi connectivity index (χ0v) is 30.0. The number of benzene rings is 7. The third-order valence-electron chi connectivity index (χ3n) is 10.4. The van der Waals surface area contributed by atoms with Gasteiger partial charge in [-0.1, -0.05) is 140 Å². The van der Waals surface area contributed by atoms with Crippen LogP contribution in [-0.2, 0) is 0 Å². The standard InChI is InChI=1S/C50H31N5O/c1-4-16-32(17-5-1)40-31-41(33-18-6-2-7-19-33)52-49(51-40)35-28-29-44(55-42-25-13-10-22-36(42)37-23-11-14-26-43(37)55)39(30-35)50-53-46(34-20-8-3-9-21-34)48-47(54-50)38-24-12-15-27-45(38)56-48/h1-31H. The smallest absolute Gasteiger partial charge is 0.180 e. The molecule has 0 N–H and O–H groups in total. The Kier molecular flexibility index (Phi) is 7.38. The lowest BCUT2D eigenvalue weighted by molar-refractivity contribution is 0.667. The van der Waals surface area contributed by atoms with E-state index in [1.54, 1.807) is 0 Å². The summed E-state index contributed by atoms with van der Waals surface area (Å²) >= 11 is 0. The van der Waals surface area contributed by atoms with E-state index in [0.29, 0.717) is 17.2 Å². The number of fused-ring (bicyclic) bond motifs is 6. The summed E-state index contributed by atoms with van der Waals surface area (Å²) in [5, 5.41) is 3.28. The summed E-state index contributed by atoms with van der Waals surface area (Å²) < 4.78 is 8.82. The Balaban J connectivity index is 1.23. The van der Waals surface area contributed by atoms with Gasteiger partial charge in [-0.2, -0.15) is 0 Å². The van der Waals surface area contributed by atoms with Crippen molar-refractivity contribution in [3.63, 3.8) is 0 Å². The van der Waals surface area contributed by atoms with Crippen LogP contribution in [0.15, 0.2) is 192 Å². The Labute approximate surface area is 322 Å². The van der Waals surface area contributed by atoms with Crippen molar-refractivity contribution in [1.29, 1.82) is 0 Å². The van der Waals surface area contributed by atoms with Gasteiger partial charge in [-0.05, 0) is 48.5 Å². The zero-order valence-electron chi connectivity index (χ0n) is 30.0. The molecule has 0 fully saturated rings. The molecule has 0 spiro atoms. The van der Waals surface area contributed by atoms with Gasteiger partial charge >= 0.3 is 0 Å². The molecule has 0 radical (unpaired) electrons. The maximum absolute atomic E-state index is 6.50. The molecule has 4 aromatic heterocycles. The fraction of sp³-hybridized carbons (Fsp3) is 0. The van der Waals surface area contributed by atoms with Gasteiger partial charge in [0.05, 0.1) is 28.1 Å². The summed E-state index contributed by atoms with van der Waals surface area (Å²) in [6.07, 6.45) is 0. The number of hydrogen-bond acceptors (Lipinski definition) is 5. The lowest BCUT2D eigenvalue weighted by Crippen LogP contribution is -2.02. The van der Waals surface area contributed by atoms with E-state index in [1.807, 2.05) is 72.8 Å². The van der Waals surface area contributed by atoms with E-state index in [0.717, 1.165) is 78.1 Å². The van der Waals surface area contributed by atoms with Crippen LogP contribution in [0.3, 0.4) is 0 Å². The second-order valence-electron chi connectivity index (χ2n) is 13.8. The van der Waals surface area contributed by atoms with Crippen molar-refractivity contribution in [2.45, 2.75) is 0 Å². The third kappa shape index (κ3) is 5.27. The number of furan rings is 1. The molecule has 6 heteroatoms. The molecule has 0 saturated heterocycles. The maximum Gasteiger partial charge on any atom is 0.180 e. The van der Waals surface area contributed by atoms with Crippen molar-refractivity contribution in [2.75, 3.05) is 0 Å². The van der Waals surface area contributed by atoms with E-state index in [2.05, 4.69) is 120 Å². The molecule has 0 bridgehead atoms. The second-order valence-corrected chi connectivity index (χ2v) is 13.8. The number of rotatable bonds is 6. The lowest BCUT2D eigenvalue weighted by Gasteiger charge is -2.16. The Hall–Kier alpha value is -7.70. The average molecular weight is 718 g/mol. The summed E-state index contributed by atoms with van der Waals surface area (Å²) in [4.78, 5) is 21.1. The maximum atomic E-state index is 6.50. The molecule has 7 aromatic carbocycles. The van der Waals surface area contributed by atoms with Crippen LogP contribution in [0.25, 0.3) is 106 Å². The summed E-state index contributed by atoms with van der Waals surface area (Å²) in [5.74, 6) is 1.18. The summed E-state index contributed by atoms with van der Waals surface area (Å²) in [5.41, 5.74) is 12.4. The molecule has 4 heterocycles. The summed E-state index contributed by atoms with van der Waals surface area (Å²) in [6.45, 7) is 0. The predicted octanol–water partition coefficient (Wildman–Crippen LogP) is 12.6. The minimum Gasteiger partial charge on any atom is -0.452 e. The van der Waals surface area contributed by atoms with E-state index < -0.39 is 0 Å². The van der Waals surface area contributed by atoms with Crippen molar-refractivity contribution in [3.05, 3.63) is 188 Å². The van der Waals surface area contributed by atoms with E-state index in [1.165, 1.54) is 10.8 Å². The number of hydrogen-bond donors (Lipinski definition) is 0. The molecule has 0 atom stereocenters. The summed E-state index contributed by atoms with van der Waals surface area (Å²) in [6, 6.07) is 64.4. The molecule has 56 heavy (non-hydrogen) atoms. The Morgan fingerprint density at radius 1 is 0.393 bits per heavy atom.